The van der Waals surface area contributed by atoms with E-state index >= 15 is 0 Å². The van der Waals surface area contributed by atoms with Crippen molar-refractivity contribution in [3.8, 4) is 23.2 Å². The molecule has 2 heterocycles. The third kappa shape index (κ3) is 5.66. The standard InChI is InChI=1S/C25H26N6O2/c1-32-14-5-12-27-13-15-33-21-10-8-18(9-11-21)24-30-23-22(29-20-6-3-2-4-7-20)19(16-26)17-28-25(23)31-24/h2-4,6-11,17,27H,5,12-15H2,1H3,(H2,28,29,30,31). The lowest BCUT2D eigenvalue weighted by Gasteiger charge is -2.08. The van der Waals surface area contributed by atoms with Crippen LogP contribution >= 0.6 is 0 Å². The van der Waals surface area contributed by atoms with E-state index in [1.807, 2.05) is 54.6 Å². The van der Waals surface area contributed by atoms with Crippen molar-refractivity contribution in [3.05, 3.63) is 66.4 Å². The predicted octanol–water partition coefficient (Wildman–Crippen LogP) is 4.25. The molecule has 0 saturated heterocycles. The van der Waals surface area contributed by atoms with Crippen LogP contribution in [0.4, 0.5) is 11.4 Å². The molecule has 0 aliphatic rings. The van der Waals surface area contributed by atoms with Gasteiger partial charge < -0.3 is 25.1 Å². The van der Waals surface area contributed by atoms with E-state index in [-0.39, 0.29) is 0 Å². The second kappa shape index (κ2) is 11.1. The number of fused-ring (bicyclic) bond motifs is 1. The molecule has 0 atom stereocenters. The number of ether oxygens (including phenoxy) is 2. The molecule has 4 aromatic rings. The first-order valence-corrected chi connectivity index (χ1v) is 10.8. The summed E-state index contributed by atoms with van der Waals surface area (Å²) in [6, 6.07) is 19.7. The predicted molar refractivity (Wildman–Crippen MR) is 129 cm³/mol. The van der Waals surface area contributed by atoms with Crippen LogP contribution in [0.25, 0.3) is 22.6 Å². The number of hydrogen-bond donors (Lipinski definition) is 3. The Bertz CT molecular complexity index is 1220. The number of hydrogen-bond acceptors (Lipinski definition) is 7. The van der Waals surface area contributed by atoms with Crippen LogP contribution in [0.5, 0.6) is 5.75 Å². The van der Waals surface area contributed by atoms with Crippen LogP contribution in [0.2, 0.25) is 0 Å². The fourth-order valence-electron chi connectivity index (χ4n) is 3.39. The van der Waals surface area contributed by atoms with Crippen LogP contribution in [0.15, 0.2) is 60.8 Å². The number of aromatic amines is 1. The van der Waals surface area contributed by atoms with Crippen molar-refractivity contribution < 1.29 is 9.47 Å². The summed E-state index contributed by atoms with van der Waals surface area (Å²) in [5.74, 6) is 1.47. The lowest BCUT2D eigenvalue weighted by Crippen LogP contribution is -2.22. The first-order chi connectivity index (χ1) is 16.3. The largest absolute Gasteiger partial charge is 0.492 e. The van der Waals surface area contributed by atoms with Crippen LogP contribution in [0, 0.1) is 11.3 Å². The number of para-hydroxylation sites is 1. The molecule has 2 aromatic carbocycles. The van der Waals surface area contributed by atoms with Gasteiger partial charge in [0.1, 0.15) is 29.8 Å². The van der Waals surface area contributed by atoms with Crippen molar-refractivity contribution >= 4 is 22.5 Å². The first kappa shape index (κ1) is 22.3. The summed E-state index contributed by atoms with van der Waals surface area (Å²) in [5, 5.41) is 16.2. The summed E-state index contributed by atoms with van der Waals surface area (Å²) >= 11 is 0. The number of rotatable bonds is 11. The Morgan fingerprint density at radius 3 is 2.61 bits per heavy atom. The Hall–Kier alpha value is -3.93. The average Bonchev–Trinajstić information content (AvgIpc) is 3.30. The monoisotopic (exact) mass is 442 g/mol. The van der Waals surface area contributed by atoms with Crippen LogP contribution in [-0.4, -0.2) is 48.4 Å². The minimum atomic E-state index is 0.445. The fraction of sp³-hybridized carbons (Fsp3) is 0.240. The second-order valence-corrected chi connectivity index (χ2v) is 7.40. The van der Waals surface area contributed by atoms with Crippen molar-refractivity contribution in [3.63, 3.8) is 0 Å². The summed E-state index contributed by atoms with van der Waals surface area (Å²) < 4.78 is 10.8. The Morgan fingerprint density at radius 1 is 1.03 bits per heavy atom. The fourth-order valence-corrected chi connectivity index (χ4v) is 3.39. The van der Waals surface area contributed by atoms with Gasteiger partial charge in [0.25, 0.3) is 0 Å². The van der Waals surface area contributed by atoms with Crippen LogP contribution in [0.1, 0.15) is 12.0 Å². The van der Waals surface area contributed by atoms with E-state index < -0.39 is 0 Å². The van der Waals surface area contributed by atoms with Gasteiger partial charge in [0, 0.05) is 37.7 Å². The van der Waals surface area contributed by atoms with E-state index in [0.29, 0.717) is 34.8 Å². The summed E-state index contributed by atoms with van der Waals surface area (Å²) in [4.78, 5) is 12.3. The molecule has 8 heteroatoms. The zero-order valence-electron chi connectivity index (χ0n) is 18.5. The topological polar surface area (TPSA) is 108 Å². The van der Waals surface area contributed by atoms with Crippen LogP contribution in [-0.2, 0) is 4.74 Å². The first-order valence-electron chi connectivity index (χ1n) is 10.8. The normalized spacial score (nSPS) is 10.8. The molecule has 3 N–H and O–H groups in total. The van der Waals surface area contributed by atoms with Crippen LogP contribution in [0.3, 0.4) is 0 Å². The highest BCUT2D eigenvalue weighted by atomic mass is 16.5. The maximum absolute atomic E-state index is 9.56. The van der Waals surface area contributed by atoms with Crippen molar-refractivity contribution in [2.24, 2.45) is 0 Å². The number of nitrogens with zero attached hydrogens (tertiary/aromatic N) is 3. The molecular weight excluding hydrogens is 416 g/mol. The van der Waals surface area contributed by atoms with Crippen LogP contribution < -0.4 is 15.4 Å². The highest BCUT2D eigenvalue weighted by Crippen LogP contribution is 2.30. The van der Waals surface area contributed by atoms with Gasteiger partial charge in [-0.25, -0.2) is 9.97 Å². The molecule has 4 rings (SSSR count). The number of anilines is 2. The van der Waals surface area contributed by atoms with Crippen molar-refractivity contribution in [2.45, 2.75) is 6.42 Å². The van der Waals surface area contributed by atoms with E-state index in [1.165, 1.54) is 0 Å². The molecule has 0 fully saturated rings. The summed E-state index contributed by atoms with van der Waals surface area (Å²) in [6.45, 7) is 3.03. The van der Waals surface area contributed by atoms with Gasteiger partial charge in [0.2, 0.25) is 0 Å². The summed E-state index contributed by atoms with van der Waals surface area (Å²) in [6.07, 6.45) is 2.52. The van der Waals surface area contributed by atoms with Gasteiger partial charge in [-0.05, 0) is 49.4 Å². The highest BCUT2D eigenvalue weighted by Gasteiger charge is 2.14. The Morgan fingerprint density at radius 2 is 1.85 bits per heavy atom. The Balaban J connectivity index is 1.46. The number of aromatic nitrogens is 3. The molecule has 0 radical (unpaired) electrons. The maximum Gasteiger partial charge on any atom is 0.180 e. The molecule has 0 aliphatic heterocycles. The SMILES string of the molecule is COCCCNCCOc1ccc(-c2nc3ncc(C#N)c(Nc4ccccc4)c3[nH]2)cc1. The maximum atomic E-state index is 9.56. The lowest BCUT2D eigenvalue weighted by atomic mass is 10.2. The molecule has 168 valence electrons. The lowest BCUT2D eigenvalue weighted by molar-refractivity contribution is 0.193. The molecule has 0 amide bonds. The molecule has 0 bridgehead atoms. The Kier molecular flexibility index (Phi) is 7.48. The summed E-state index contributed by atoms with van der Waals surface area (Å²) in [5.41, 5.74) is 4.12. The zero-order valence-corrected chi connectivity index (χ0v) is 18.5. The number of benzene rings is 2. The number of nitrogens with one attached hydrogen (secondary N) is 3. The van der Waals surface area contributed by atoms with Crippen molar-refractivity contribution in [1.82, 2.24) is 20.3 Å². The van der Waals surface area contributed by atoms with E-state index in [1.54, 1.807) is 13.3 Å². The zero-order chi connectivity index (χ0) is 22.9. The summed E-state index contributed by atoms with van der Waals surface area (Å²) in [7, 11) is 1.71. The third-order valence-electron chi connectivity index (χ3n) is 5.06. The molecule has 0 aliphatic carbocycles. The molecule has 0 saturated carbocycles. The quantitative estimate of drug-likeness (QED) is 0.298. The van der Waals surface area contributed by atoms with Gasteiger partial charge >= 0.3 is 0 Å². The van der Waals surface area contributed by atoms with Gasteiger partial charge in [-0.2, -0.15) is 5.26 Å². The average molecular weight is 443 g/mol. The minimum Gasteiger partial charge on any atom is -0.492 e. The van der Waals surface area contributed by atoms with Gasteiger partial charge in [-0.15, -0.1) is 0 Å². The van der Waals surface area contributed by atoms with Gasteiger partial charge in [-0.1, -0.05) is 18.2 Å². The minimum absolute atomic E-state index is 0.445. The van der Waals surface area contributed by atoms with Gasteiger partial charge in [0.15, 0.2) is 5.65 Å². The Labute approximate surface area is 192 Å². The van der Waals surface area contributed by atoms with Gasteiger partial charge in [-0.3, -0.25) is 0 Å². The molecule has 33 heavy (non-hydrogen) atoms. The number of methoxy groups -OCH3 is 1. The number of imidazole rings is 1. The third-order valence-corrected chi connectivity index (χ3v) is 5.06. The van der Waals surface area contributed by atoms with Crippen molar-refractivity contribution in [1.29, 1.82) is 5.26 Å². The van der Waals surface area contributed by atoms with Crippen molar-refractivity contribution in [2.75, 3.05) is 38.7 Å². The van der Waals surface area contributed by atoms with Gasteiger partial charge in [0.05, 0.1) is 11.3 Å². The molecule has 0 spiro atoms. The smallest absolute Gasteiger partial charge is 0.180 e. The highest BCUT2D eigenvalue weighted by molar-refractivity contribution is 5.92. The molecular formula is C25H26N6O2. The number of pyridine rings is 1. The molecule has 2 aromatic heterocycles. The number of nitriles is 1. The van der Waals surface area contributed by atoms with E-state index in [0.717, 1.165) is 43.1 Å². The van der Waals surface area contributed by atoms with E-state index in [4.69, 9.17) is 9.47 Å². The van der Waals surface area contributed by atoms with E-state index in [2.05, 4.69) is 31.7 Å². The van der Waals surface area contributed by atoms with E-state index in [9.17, 15) is 5.26 Å². The molecule has 8 nitrogen and oxygen atoms in total. The molecule has 0 unspecified atom stereocenters. The second-order valence-electron chi connectivity index (χ2n) is 7.40. The number of H-pyrrole nitrogens is 1.